The molecular formula is C16H37NO3S. The molecule has 0 aromatic carbocycles. The summed E-state index contributed by atoms with van der Waals surface area (Å²) in [6.45, 7) is 5.67. The van der Waals surface area contributed by atoms with Crippen LogP contribution in [0.2, 0.25) is 0 Å². The molecular weight excluding hydrogens is 286 g/mol. The van der Waals surface area contributed by atoms with Crippen LogP contribution in [-0.2, 0) is 10.1 Å². The smallest absolute Gasteiger partial charge is 0.0945 e. The molecule has 0 aliphatic heterocycles. The highest BCUT2D eigenvalue weighted by Gasteiger charge is 2.01. The number of hydrogen-bond acceptors (Lipinski definition) is 3. The fourth-order valence-corrected chi connectivity index (χ4v) is 2.64. The molecule has 0 unspecified atom stereocenters. The van der Waals surface area contributed by atoms with Crippen molar-refractivity contribution in [1.82, 2.24) is 0 Å². The predicted molar refractivity (Wildman–Crippen MR) is 90.4 cm³/mol. The maximum absolute atomic E-state index is 10.2. The highest BCUT2D eigenvalue weighted by atomic mass is 32.2. The van der Waals surface area contributed by atoms with Crippen molar-refractivity contribution in [3.05, 3.63) is 0 Å². The van der Waals surface area contributed by atoms with Crippen LogP contribution in [-0.4, -0.2) is 50.9 Å². The van der Waals surface area contributed by atoms with Crippen LogP contribution in [0.25, 0.3) is 0 Å². The van der Waals surface area contributed by atoms with E-state index in [0.29, 0.717) is 6.42 Å². The number of rotatable bonds is 11. The third-order valence-corrected chi connectivity index (χ3v) is 3.93. The second-order valence-corrected chi connectivity index (χ2v) is 8.27. The van der Waals surface area contributed by atoms with Gasteiger partial charge in [0.1, 0.15) is 0 Å². The number of nitrogens with zero attached hydrogens (tertiary/aromatic N) is 1. The zero-order valence-corrected chi connectivity index (χ0v) is 15.7. The maximum atomic E-state index is 10.2. The van der Waals surface area contributed by atoms with Crippen LogP contribution < -0.4 is 0 Å². The van der Waals surface area contributed by atoms with E-state index in [9.17, 15) is 13.0 Å². The summed E-state index contributed by atoms with van der Waals surface area (Å²) < 4.78 is 31.8. The van der Waals surface area contributed by atoms with E-state index in [1.54, 1.807) is 0 Å². The molecule has 0 aromatic heterocycles. The topological polar surface area (TPSA) is 57.2 Å². The van der Waals surface area contributed by atoms with Gasteiger partial charge in [0.05, 0.1) is 37.8 Å². The van der Waals surface area contributed by atoms with Crippen molar-refractivity contribution >= 4 is 10.1 Å². The van der Waals surface area contributed by atoms with Gasteiger partial charge in [-0.1, -0.05) is 58.8 Å². The van der Waals surface area contributed by atoms with Gasteiger partial charge in [0.25, 0.3) is 0 Å². The van der Waals surface area contributed by atoms with Crippen LogP contribution in [0.4, 0.5) is 0 Å². The van der Waals surface area contributed by atoms with Crippen molar-refractivity contribution in [2.24, 2.45) is 0 Å². The van der Waals surface area contributed by atoms with Gasteiger partial charge >= 0.3 is 0 Å². The summed E-state index contributed by atoms with van der Waals surface area (Å²) in [4.78, 5) is 0. The molecule has 0 bridgehead atoms. The summed E-state index contributed by atoms with van der Waals surface area (Å²) in [5, 5.41) is 0. The molecule has 4 nitrogen and oxygen atoms in total. The lowest BCUT2D eigenvalue weighted by atomic mass is 10.1. The summed E-state index contributed by atoms with van der Waals surface area (Å²) in [5.41, 5.74) is 0. The lowest BCUT2D eigenvalue weighted by Crippen LogP contribution is -2.34. The third-order valence-electron chi connectivity index (χ3n) is 3.14. The molecule has 0 aliphatic carbocycles. The summed E-state index contributed by atoms with van der Waals surface area (Å²) in [6, 6.07) is 0. The van der Waals surface area contributed by atoms with Crippen LogP contribution in [0, 0.1) is 0 Å². The van der Waals surface area contributed by atoms with Gasteiger partial charge in [-0.3, -0.25) is 0 Å². The Kier molecular flexibility index (Phi) is 14.9. The van der Waals surface area contributed by atoms with Crippen molar-refractivity contribution in [3.63, 3.8) is 0 Å². The van der Waals surface area contributed by atoms with Gasteiger partial charge in [-0.25, -0.2) is 8.42 Å². The third kappa shape index (κ3) is 28.7. The highest BCUT2D eigenvalue weighted by molar-refractivity contribution is 7.85. The van der Waals surface area contributed by atoms with E-state index in [4.69, 9.17) is 0 Å². The lowest BCUT2D eigenvalue weighted by Gasteiger charge is -2.22. The van der Waals surface area contributed by atoms with E-state index < -0.39 is 10.1 Å². The molecule has 21 heavy (non-hydrogen) atoms. The minimum Gasteiger partial charge on any atom is -0.748 e. The normalized spacial score (nSPS) is 11.9. The van der Waals surface area contributed by atoms with E-state index in [2.05, 4.69) is 35.0 Å². The fourth-order valence-electron chi connectivity index (χ4n) is 2.08. The second-order valence-electron chi connectivity index (χ2n) is 6.75. The first-order chi connectivity index (χ1) is 9.62. The quantitative estimate of drug-likeness (QED) is 0.330. The molecule has 0 aliphatic rings. The van der Waals surface area contributed by atoms with Crippen LogP contribution >= 0.6 is 0 Å². The van der Waals surface area contributed by atoms with Crippen molar-refractivity contribution in [3.8, 4) is 0 Å². The molecule has 0 radical (unpaired) electrons. The molecule has 0 aromatic rings. The standard InChI is InChI=1S/C10H22O3S.C6H16N/c1-2-3-4-5-6-7-8-9-10-14(11,12)13;1-5-6-7(2,3)4/h2-10H2,1H3,(H,11,12,13);5-6H2,1-4H3/q;+1/p-1. The molecule has 0 fully saturated rings. The van der Waals surface area contributed by atoms with Gasteiger partial charge in [-0.15, -0.1) is 0 Å². The Labute approximate surface area is 133 Å². The minimum atomic E-state index is -3.98. The first-order valence-electron chi connectivity index (χ1n) is 8.36. The van der Waals surface area contributed by atoms with Gasteiger partial charge in [0, 0.05) is 5.75 Å². The second kappa shape index (κ2) is 13.5. The largest absolute Gasteiger partial charge is 0.748 e. The molecule has 0 heterocycles. The average Bonchev–Trinajstić information content (AvgIpc) is 2.30. The van der Waals surface area contributed by atoms with Crippen molar-refractivity contribution < 1.29 is 17.5 Å². The number of hydrogen-bond donors (Lipinski definition) is 0. The van der Waals surface area contributed by atoms with Gasteiger partial charge in [0.2, 0.25) is 0 Å². The molecule has 0 N–H and O–H groups in total. The van der Waals surface area contributed by atoms with Crippen molar-refractivity contribution in [2.75, 3.05) is 33.4 Å². The Bertz CT molecular complexity index is 308. The van der Waals surface area contributed by atoms with Crippen molar-refractivity contribution in [2.45, 2.75) is 71.6 Å². The molecule has 0 amide bonds. The van der Waals surface area contributed by atoms with Crippen LogP contribution in [0.1, 0.15) is 71.6 Å². The van der Waals surface area contributed by atoms with Gasteiger partial charge in [-0.2, -0.15) is 0 Å². The van der Waals surface area contributed by atoms with E-state index >= 15 is 0 Å². The van der Waals surface area contributed by atoms with E-state index in [0.717, 1.165) is 17.3 Å². The van der Waals surface area contributed by atoms with E-state index in [1.807, 2.05) is 0 Å². The first kappa shape index (κ1) is 23.1. The van der Waals surface area contributed by atoms with E-state index in [-0.39, 0.29) is 5.75 Å². The van der Waals surface area contributed by atoms with Crippen LogP contribution in [0.15, 0.2) is 0 Å². The highest BCUT2D eigenvalue weighted by Crippen LogP contribution is 2.08. The number of quaternary nitrogens is 1. The molecule has 0 spiro atoms. The Morgan fingerprint density at radius 3 is 1.48 bits per heavy atom. The summed E-state index contributed by atoms with van der Waals surface area (Å²) in [7, 11) is 2.66. The molecule has 0 rings (SSSR count). The molecule has 5 heteroatoms. The maximum Gasteiger partial charge on any atom is 0.0945 e. The summed E-state index contributed by atoms with van der Waals surface area (Å²) in [6.07, 6.45) is 9.94. The zero-order valence-electron chi connectivity index (χ0n) is 14.9. The van der Waals surface area contributed by atoms with Gasteiger partial charge in [-0.05, 0) is 12.8 Å². The predicted octanol–water partition coefficient (Wildman–Crippen LogP) is 3.77. The fraction of sp³-hybridized carbons (Fsp3) is 1.00. The Morgan fingerprint density at radius 2 is 1.19 bits per heavy atom. The minimum absolute atomic E-state index is 0.193. The first-order valence-corrected chi connectivity index (χ1v) is 9.94. The lowest BCUT2D eigenvalue weighted by molar-refractivity contribution is -0.870. The van der Waals surface area contributed by atoms with Gasteiger partial charge in [0.15, 0.2) is 0 Å². The van der Waals surface area contributed by atoms with E-state index in [1.165, 1.54) is 45.1 Å². The Balaban J connectivity index is 0. The average molecular weight is 324 g/mol. The Hall–Kier alpha value is -0.130. The van der Waals surface area contributed by atoms with Gasteiger partial charge < -0.3 is 9.04 Å². The Morgan fingerprint density at radius 1 is 0.762 bits per heavy atom. The molecule has 130 valence electrons. The monoisotopic (exact) mass is 323 g/mol. The summed E-state index contributed by atoms with van der Waals surface area (Å²) >= 11 is 0. The van der Waals surface area contributed by atoms with Crippen molar-refractivity contribution in [1.29, 1.82) is 0 Å². The SMILES string of the molecule is CCCCCCCCCCS(=O)(=O)[O-].CCC[N+](C)(C)C. The number of unbranched alkanes of at least 4 members (excludes halogenated alkanes) is 7. The van der Waals surface area contributed by atoms with Crippen LogP contribution in [0.3, 0.4) is 0 Å². The zero-order chi connectivity index (χ0) is 16.8. The molecule has 0 atom stereocenters. The molecule has 0 saturated heterocycles. The van der Waals surface area contributed by atoms with Crippen LogP contribution in [0.5, 0.6) is 0 Å². The summed E-state index contributed by atoms with van der Waals surface area (Å²) in [5.74, 6) is -0.193. The molecule has 0 saturated carbocycles.